The molecule has 0 spiro atoms. The highest BCUT2D eigenvalue weighted by atomic mass is 127. The van der Waals surface area contributed by atoms with E-state index in [1.165, 1.54) is 55.4 Å². The summed E-state index contributed by atoms with van der Waals surface area (Å²) < 4.78 is 32.5. The molecule has 2 heterocycles. The van der Waals surface area contributed by atoms with Gasteiger partial charge in [0.05, 0.1) is 51.4 Å². The number of thioether (sulfide) groups is 2. The topological polar surface area (TPSA) is 226 Å². The van der Waals surface area contributed by atoms with Crippen molar-refractivity contribution in [2.24, 2.45) is 0 Å². The quantitative estimate of drug-likeness (QED) is 0.0400. The molecule has 2 fully saturated rings. The molecular formula is C30H51IN4O12P2S2. The molecule has 0 bridgehead atoms. The number of likely N-dealkylation sites (tertiary alicyclic amines) is 2. The first-order chi connectivity index (χ1) is 24.0. The summed E-state index contributed by atoms with van der Waals surface area (Å²) in [4.78, 5) is 95.8. The fourth-order valence-corrected chi connectivity index (χ4v) is 8.85. The SMILES string of the molecule is CC(C)P(=O)(O)OCCNC(=O)CCSC1CC(=O)N(CCCCCCN2C(=O)CC(SCCC(=O)NCCCCCOP(=O)(O)I)C2=O)C1=O. The smallest absolute Gasteiger partial charge is 0.356 e. The van der Waals surface area contributed by atoms with Gasteiger partial charge in [0, 0.05) is 63.4 Å². The van der Waals surface area contributed by atoms with Crippen LogP contribution in [0, 0.1) is 0 Å². The van der Waals surface area contributed by atoms with Crippen LogP contribution in [0.4, 0.5) is 0 Å². The molecule has 4 unspecified atom stereocenters. The van der Waals surface area contributed by atoms with Crippen molar-refractivity contribution >= 4 is 93.8 Å². The Morgan fingerprint density at radius 1 is 0.765 bits per heavy atom. The molecule has 2 rings (SSSR count). The largest absolute Gasteiger partial charge is 0.386 e. The number of nitrogens with zero attached hydrogens (tertiary/aromatic N) is 2. The first-order valence-electron chi connectivity index (χ1n) is 17.1. The van der Waals surface area contributed by atoms with Gasteiger partial charge in [-0.05, 0) is 32.1 Å². The molecule has 6 amide bonds. The van der Waals surface area contributed by atoms with Gasteiger partial charge in [0.1, 0.15) is 0 Å². The molecule has 16 nitrogen and oxygen atoms in total. The summed E-state index contributed by atoms with van der Waals surface area (Å²) >= 11 is 3.92. The van der Waals surface area contributed by atoms with Crippen molar-refractivity contribution in [1.29, 1.82) is 0 Å². The van der Waals surface area contributed by atoms with Crippen molar-refractivity contribution in [3.8, 4) is 0 Å². The number of carbonyl (C=O) groups excluding carboxylic acids is 6. The fraction of sp³-hybridized carbons (Fsp3) is 0.800. The predicted octanol–water partition coefficient (Wildman–Crippen LogP) is 3.61. The maximum absolute atomic E-state index is 12.8. The van der Waals surface area contributed by atoms with Gasteiger partial charge in [0.15, 0.2) is 0 Å². The molecular weight excluding hydrogens is 861 g/mol. The highest BCUT2D eigenvalue weighted by Crippen LogP contribution is 2.51. The second kappa shape index (κ2) is 23.7. The molecule has 4 N–H and O–H groups in total. The number of rotatable bonds is 27. The summed E-state index contributed by atoms with van der Waals surface area (Å²) in [6.07, 6.45) is 5.22. The van der Waals surface area contributed by atoms with Gasteiger partial charge in [-0.15, -0.1) is 23.5 Å². The number of carbonyl (C=O) groups is 6. The monoisotopic (exact) mass is 912 g/mol. The molecule has 0 saturated carbocycles. The lowest BCUT2D eigenvalue weighted by Crippen LogP contribution is -2.33. The fourth-order valence-electron chi connectivity index (χ4n) is 5.02. The van der Waals surface area contributed by atoms with E-state index in [4.69, 9.17) is 13.9 Å². The Morgan fingerprint density at radius 3 is 1.71 bits per heavy atom. The third-order valence-corrected chi connectivity index (χ3v) is 13.6. The first kappa shape index (κ1) is 46.1. The Morgan fingerprint density at radius 2 is 1.24 bits per heavy atom. The molecule has 0 radical (unpaired) electrons. The van der Waals surface area contributed by atoms with Crippen LogP contribution in [-0.4, -0.2) is 122 Å². The van der Waals surface area contributed by atoms with Gasteiger partial charge < -0.3 is 29.5 Å². The van der Waals surface area contributed by atoms with E-state index in [1.807, 2.05) is 0 Å². The minimum absolute atomic E-state index is 0.0806. The first-order valence-corrected chi connectivity index (χ1v) is 25.2. The van der Waals surface area contributed by atoms with Crippen LogP contribution in [0.3, 0.4) is 0 Å². The zero-order chi connectivity index (χ0) is 38.0. The van der Waals surface area contributed by atoms with Gasteiger partial charge in [-0.3, -0.25) is 43.1 Å². The van der Waals surface area contributed by atoms with E-state index in [-0.39, 0.29) is 87.4 Å². The standard InChI is InChI=1S/C30H51IN4O12P2S2/c1-22(2)48(42,43)46-17-13-33-26(37)11-19-51-24-21-28(39)35(30(24)41)15-8-4-3-7-14-34-27(38)20-23(29(34)40)50-18-10-25(36)32-12-6-5-9-16-47-49(31,44)45/h22-24H,3-21H2,1-2H3,(H,32,36)(H,33,37)(H,42,43)(H,44,45). The molecule has 21 heteroatoms. The van der Waals surface area contributed by atoms with Crippen molar-refractivity contribution in [3.05, 3.63) is 0 Å². The summed E-state index contributed by atoms with van der Waals surface area (Å²) in [5.41, 5.74) is -0.537. The minimum atomic E-state index is -3.69. The average molecular weight is 913 g/mol. The average Bonchev–Trinajstić information content (AvgIpc) is 3.47. The molecule has 292 valence electrons. The molecule has 2 aliphatic heterocycles. The van der Waals surface area contributed by atoms with Gasteiger partial charge in [-0.2, -0.15) is 0 Å². The number of halogens is 1. The molecule has 2 aliphatic rings. The summed E-state index contributed by atoms with van der Waals surface area (Å²) in [7, 11) is -3.69. The Balaban J connectivity index is 1.53. The summed E-state index contributed by atoms with van der Waals surface area (Å²) in [6.45, 7) is 4.39. The third-order valence-electron chi connectivity index (χ3n) is 7.96. The highest BCUT2D eigenvalue weighted by molar-refractivity contribution is 14.2. The third kappa shape index (κ3) is 18.2. The Bertz CT molecular complexity index is 1310. The van der Waals surface area contributed by atoms with Gasteiger partial charge in [0.25, 0.3) is 0 Å². The van der Waals surface area contributed by atoms with Crippen LogP contribution in [0.25, 0.3) is 0 Å². The van der Waals surface area contributed by atoms with E-state index >= 15 is 0 Å². The van der Waals surface area contributed by atoms with Crippen molar-refractivity contribution in [3.63, 3.8) is 0 Å². The zero-order valence-electron chi connectivity index (χ0n) is 29.1. The number of nitrogens with one attached hydrogen (secondary N) is 2. The molecule has 2 saturated heterocycles. The van der Waals surface area contributed by atoms with Crippen molar-refractivity contribution in [2.75, 3.05) is 50.9 Å². The molecule has 0 aliphatic carbocycles. The maximum Gasteiger partial charge on any atom is 0.386 e. The number of unbranched alkanes of at least 4 members (excludes halogenated alkanes) is 5. The molecule has 0 aromatic rings. The number of amides is 6. The minimum Gasteiger partial charge on any atom is -0.356 e. The Labute approximate surface area is 320 Å². The normalized spacial score (nSPS) is 20.3. The number of hydrogen-bond donors (Lipinski definition) is 4. The lowest BCUT2D eigenvalue weighted by Gasteiger charge is -2.16. The van der Waals surface area contributed by atoms with Gasteiger partial charge in [0.2, 0.25) is 35.4 Å². The summed E-state index contributed by atoms with van der Waals surface area (Å²) in [6, 6.07) is 0. The van der Waals surface area contributed by atoms with Gasteiger partial charge in [-0.1, -0.05) is 26.7 Å². The highest BCUT2D eigenvalue weighted by Gasteiger charge is 2.39. The Kier molecular flexibility index (Phi) is 21.4. The lowest BCUT2D eigenvalue weighted by atomic mass is 10.2. The van der Waals surface area contributed by atoms with E-state index in [0.717, 1.165) is 6.42 Å². The van der Waals surface area contributed by atoms with E-state index in [1.54, 1.807) is 13.8 Å². The van der Waals surface area contributed by atoms with E-state index in [2.05, 4.69) is 10.6 Å². The summed E-state index contributed by atoms with van der Waals surface area (Å²) in [5, 5.41) is 0.878. The predicted molar refractivity (Wildman–Crippen MR) is 203 cm³/mol. The summed E-state index contributed by atoms with van der Waals surface area (Å²) in [5.74, 6) is -0.658. The number of hydrogen-bond acceptors (Lipinski definition) is 12. The molecule has 0 aromatic heterocycles. The van der Waals surface area contributed by atoms with Gasteiger partial charge >= 0.3 is 12.8 Å². The lowest BCUT2D eigenvalue weighted by molar-refractivity contribution is -0.140. The molecule has 4 atom stereocenters. The second-order valence-electron chi connectivity index (χ2n) is 12.3. The maximum atomic E-state index is 12.8. The van der Waals surface area contributed by atoms with Crippen molar-refractivity contribution in [1.82, 2.24) is 20.4 Å². The van der Waals surface area contributed by atoms with Crippen molar-refractivity contribution < 1.29 is 56.7 Å². The van der Waals surface area contributed by atoms with Crippen LogP contribution in [0.2, 0.25) is 0 Å². The van der Waals surface area contributed by atoms with Crippen LogP contribution < -0.4 is 10.6 Å². The number of imide groups is 2. The van der Waals surface area contributed by atoms with Crippen molar-refractivity contribution in [2.45, 2.75) is 101 Å². The van der Waals surface area contributed by atoms with Crippen LogP contribution in [0.15, 0.2) is 0 Å². The van der Waals surface area contributed by atoms with E-state index in [0.29, 0.717) is 63.1 Å². The zero-order valence-corrected chi connectivity index (χ0v) is 34.7. The van der Waals surface area contributed by atoms with Crippen LogP contribution in [0.1, 0.15) is 84.5 Å². The Hall–Kier alpha value is -1.05. The molecule has 51 heavy (non-hydrogen) atoms. The molecule has 0 aromatic carbocycles. The van der Waals surface area contributed by atoms with Crippen LogP contribution in [-0.2, 0) is 46.9 Å². The van der Waals surface area contributed by atoms with E-state index < -0.39 is 29.0 Å². The van der Waals surface area contributed by atoms with Crippen LogP contribution in [0.5, 0.6) is 0 Å². The second-order valence-corrected chi connectivity index (χ2v) is 22.2. The van der Waals surface area contributed by atoms with Crippen LogP contribution >= 0.6 is 58.4 Å². The van der Waals surface area contributed by atoms with E-state index in [9.17, 15) is 42.8 Å². The van der Waals surface area contributed by atoms with Gasteiger partial charge in [-0.25, -0.2) is 4.57 Å².